The number of carbonyl (C=O) groups excluding carboxylic acids is 3. The number of esters is 3. The van der Waals surface area contributed by atoms with Crippen LogP contribution in [0.4, 0.5) is 0 Å². The lowest BCUT2D eigenvalue weighted by Crippen LogP contribution is -2.30. The lowest BCUT2D eigenvalue weighted by atomic mass is 10.0. The van der Waals surface area contributed by atoms with Crippen molar-refractivity contribution in [3.8, 4) is 0 Å². The van der Waals surface area contributed by atoms with E-state index >= 15 is 0 Å². The molecule has 0 aromatic carbocycles. The monoisotopic (exact) mass is 1080 g/mol. The van der Waals surface area contributed by atoms with Crippen molar-refractivity contribution in [3.05, 3.63) is 109 Å². The Kier molecular flexibility index (Phi) is 62.3. The molecule has 0 aromatic rings. The topological polar surface area (TPSA) is 78.9 Å². The largest absolute Gasteiger partial charge is 0.462 e. The summed E-state index contributed by atoms with van der Waals surface area (Å²) in [5.74, 6) is -0.930. The van der Waals surface area contributed by atoms with Gasteiger partial charge in [-0.25, -0.2) is 0 Å². The Bertz CT molecular complexity index is 1570. The van der Waals surface area contributed by atoms with Gasteiger partial charge in [-0.2, -0.15) is 0 Å². The van der Waals surface area contributed by atoms with Crippen molar-refractivity contribution < 1.29 is 28.6 Å². The molecule has 78 heavy (non-hydrogen) atoms. The highest BCUT2D eigenvalue weighted by Crippen LogP contribution is 2.17. The second-order valence-corrected chi connectivity index (χ2v) is 21.6. The van der Waals surface area contributed by atoms with Crippen LogP contribution in [0, 0.1) is 0 Å². The maximum atomic E-state index is 12.9. The zero-order valence-electron chi connectivity index (χ0n) is 51.2. The molecule has 0 fully saturated rings. The summed E-state index contributed by atoms with van der Waals surface area (Å²) in [5, 5.41) is 0. The molecule has 1 unspecified atom stereocenters. The van der Waals surface area contributed by atoms with Crippen LogP contribution in [0.2, 0.25) is 0 Å². The first kappa shape index (κ1) is 74.1. The van der Waals surface area contributed by atoms with Crippen molar-refractivity contribution >= 4 is 17.9 Å². The predicted molar refractivity (Wildman–Crippen MR) is 339 cm³/mol. The van der Waals surface area contributed by atoms with Gasteiger partial charge in [-0.15, -0.1) is 0 Å². The lowest BCUT2D eigenvalue weighted by molar-refractivity contribution is -0.167. The number of ether oxygens (including phenoxy) is 3. The van der Waals surface area contributed by atoms with Crippen LogP contribution in [0.15, 0.2) is 109 Å². The van der Waals surface area contributed by atoms with Crippen molar-refractivity contribution in [2.75, 3.05) is 13.2 Å². The Labute approximate surface area is 482 Å². The van der Waals surface area contributed by atoms with Gasteiger partial charge in [0, 0.05) is 19.3 Å². The summed E-state index contributed by atoms with van der Waals surface area (Å²) in [6.45, 7) is 6.41. The highest BCUT2D eigenvalue weighted by molar-refractivity contribution is 5.71. The van der Waals surface area contributed by atoms with E-state index in [1.807, 2.05) is 0 Å². The Morgan fingerprint density at radius 2 is 0.500 bits per heavy atom. The summed E-state index contributed by atoms with van der Waals surface area (Å²) in [7, 11) is 0. The molecule has 0 rings (SSSR count). The first-order valence-electron chi connectivity index (χ1n) is 32.9. The summed E-state index contributed by atoms with van der Waals surface area (Å²) in [6, 6.07) is 0. The zero-order valence-corrected chi connectivity index (χ0v) is 51.2. The van der Waals surface area contributed by atoms with E-state index in [1.54, 1.807) is 0 Å². The molecule has 1 atom stereocenters. The first-order valence-corrected chi connectivity index (χ1v) is 32.9. The molecule has 0 radical (unpaired) electrons. The van der Waals surface area contributed by atoms with Crippen molar-refractivity contribution in [1.29, 1.82) is 0 Å². The predicted octanol–water partition coefficient (Wildman–Crippen LogP) is 22.6. The van der Waals surface area contributed by atoms with E-state index in [-0.39, 0.29) is 31.1 Å². The van der Waals surface area contributed by atoms with Crippen LogP contribution >= 0.6 is 0 Å². The maximum Gasteiger partial charge on any atom is 0.306 e. The zero-order chi connectivity index (χ0) is 56.4. The number of hydrogen-bond donors (Lipinski definition) is 0. The normalized spacial score (nSPS) is 12.8. The number of rotatable bonds is 59. The Morgan fingerprint density at radius 1 is 0.269 bits per heavy atom. The van der Waals surface area contributed by atoms with Gasteiger partial charge in [0.15, 0.2) is 6.10 Å². The molecular weight excluding hydrogens is 961 g/mol. The number of hydrogen-bond acceptors (Lipinski definition) is 6. The van der Waals surface area contributed by atoms with E-state index in [2.05, 4.69) is 130 Å². The number of carbonyl (C=O) groups is 3. The van der Waals surface area contributed by atoms with Gasteiger partial charge in [0.05, 0.1) is 0 Å². The average Bonchev–Trinajstić information content (AvgIpc) is 3.44. The van der Waals surface area contributed by atoms with E-state index in [0.717, 1.165) is 122 Å². The van der Waals surface area contributed by atoms with Gasteiger partial charge in [0.1, 0.15) is 13.2 Å². The summed E-state index contributed by atoms with van der Waals surface area (Å²) < 4.78 is 16.9. The van der Waals surface area contributed by atoms with Crippen molar-refractivity contribution in [2.24, 2.45) is 0 Å². The molecule has 0 aliphatic carbocycles. The van der Waals surface area contributed by atoms with Crippen LogP contribution in [0.3, 0.4) is 0 Å². The fourth-order valence-corrected chi connectivity index (χ4v) is 9.17. The molecule has 0 saturated heterocycles. The van der Waals surface area contributed by atoms with Crippen LogP contribution < -0.4 is 0 Å². The number of allylic oxidation sites excluding steroid dienone is 18. The summed E-state index contributed by atoms with van der Waals surface area (Å²) in [4.78, 5) is 38.4. The molecule has 0 spiro atoms. The fraction of sp³-hybridized carbons (Fsp3) is 0.708. The van der Waals surface area contributed by atoms with E-state index in [1.165, 1.54) is 148 Å². The van der Waals surface area contributed by atoms with Gasteiger partial charge in [-0.1, -0.05) is 297 Å². The smallest absolute Gasteiger partial charge is 0.306 e. The average molecular weight is 1080 g/mol. The molecule has 0 saturated carbocycles. The van der Waals surface area contributed by atoms with Gasteiger partial charge < -0.3 is 14.2 Å². The van der Waals surface area contributed by atoms with Crippen LogP contribution in [-0.2, 0) is 28.6 Å². The Balaban J connectivity index is 4.38. The Hall–Kier alpha value is -3.93. The molecule has 0 aromatic heterocycles. The van der Waals surface area contributed by atoms with E-state index in [0.29, 0.717) is 19.3 Å². The highest BCUT2D eigenvalue weighted by Gasteiger charge is 2.19. The molecule has 0 heterocycles. The minimum atomic E-state index is -0.799. The van der Waals surface area contributed by atoms with Gasteiger partial charge >= 0.3 is 17.9 Å². The van der Waals surface area contributed by atoms with E-state index in [9.17, 15) is 14.4 Å². The minimum Gasteiger partial charge on any atom is -0.462 e. The van der Waals surface area contributed by atoms with Gasteiger partial charge in [-0.05, 0) is 103 Å². The standard InChI is InChI=1S/C72H122O6/c1-4-7-10-13-16-19-22-25-28-30-32-34-35-36-37-38-40-41-44-47-50-53-56-59-62-65-71(74)77-68-69(67-76-70(73)64-61-58-55-52-49-46-43-27-24-21-18-15-12-9-6-3)78-72(75)66-63-60-57-54-51-48-45-42-39-33-31-29-26-23-20-17-14-11-8-5-2/h7,9-10,12,16,18-19,21,25,27-28,32,34,36-37,43,49,52,69H,4-6,8,11,13-15,17,20,22-24,26,29-31,33,35,38-42,44-48,50-51,53-68H2,1-3H3/b10-7-,12-9-,19-16-,21-18-,28-25-,34-32-,37-36-,43-27-,52-49-. The molecule has 0 N–H and O–H groups in total. The molecule has 0 aliphatic heterocycles. The van der Waals surface area contributed by atoms with Gasteiger partial charge in [0.25, 0.3) is 0 Å². The third kappa shape index (κ3) is 62.9. The van der Waals surface area contributed by atoms with Crippen molar-refractivity contribution in [3.63, 3.8) is 0 Å². The molecule has 6 nitrogen and oxygen atoms in total. The third-order valence-corrected chi connectivity index (χ3v) is 14.0. The van der Waals surface area contributed by atoms with Crippen molar-refractivity contribution in [1.82, 2.24) is 0 Å². The Morgan fingerprint density at radius 3 is 0.808 bits per heavy atom. The molecule has 6 heteroatoms. The second-order valence-electron chi connectivity index (χ2n) is 21.6. The van der Waals surface area contributed by atoms with Crippen LogP contribution in [-0.4, -0.2) is 37.2 Å². The summed E-state index contributed by atoms with van der Waals surface area (Å²) in [6.07, 6.45) is 89.6. The third-order valence-electron chi connectivity index (χ3n) is 14.0. The maximum absolute atomic E-state index is 12.9. The molecule has 446 valence electrons. The second kappa shape index (κ2) is 65.6. The van der Waals surface area contributed by atoms with Crippen molar-refractivity contribution in [2.45, 2.75) is 316 Å². The van der Waals surface area contributed by atoms with Crippen LogP contribution in [0.25, 0.3) is 0 Å². The van der Waals surface area contributed by atoms with E-state index < -0.39 is 6.10 Å². The van der Waals surface area contributed by atoms with E-state index in [4.69, 9.17) is 14.2 Å². The minimum absolute atomic E-state index is 0.0932. The first-order chi connectivity index (χ1) is 38.5. The van der Waals surface area contributed by atoms with Crippen LogP contribution in [0.5, 0.6) is 0 Å². The summed E-state index contributed by atoms with van der Waals surface area (Å²) >= 11 is 0. The van der Waals surface area contributed by atoms with Gasteiger partial charge in [0.2, 0.25) is 0 Å². The molecule has 0 aliphatic rings. The van der Waals surface area contributed by atoms with Gasteiger partial charge in [-0.3, -0.25) is 14.4 Å². The SMILES string of the molecule is CC/C=C\C/C=C\C/C=C\C/C=C\C/C=C\CCCCCCCCCCCC(=O)OCC(COC(=O)CCCC/C=C\C/C=C\C/C=C\C/C=C\CC)OC(=O)CCCCCCCCCCCCCCCCCCCCCC. The molecule has 0 amide bonds. The fourth-order valence-electron chi connectivity index (χ4n) is 9.17. The lowest BCUT2D eigenvalue weighted by Gasteiger charge is -2.18. The summed E-state index contributed by atoms with van der Waals surface area (Å²) in [5.41, 5.74) is 0. The number of unbranched alkanes of at least 4 members (excludes halogenated alkanes) is 30. The molecule has 0 bridgehead atoms. The molecular formula is C72H122O6. The highest BCUT2D eigenvalue weighted by atomic mass is 16.6. The quantitative estimate of drug-likeness (QED) is 0.0261. The van der Waals surface area contributed by atoms with Crippen LogP contribution in [0.1, 0.15) is 310 Å².